The van der Waals surface area contributed by atoms with Gasteiger partial charge in [-0.25, -0.2) is 0 Å². The van der Waals surface area contributed by atoms with Crippen molar-refractivity contribution in [2.45, 2.75) is 51.6 Å². The summed E-state index contributed by atoms with van der Waals surface area (Å²) in [7, 11) is 0. The van der Waals surface area contributed by atoms with Crippen LogP contribution in [0.25, 0.3) is 0 Å². The smallest absolute Gasteiger partial charge is 0.0252 e. The number of hydrogen-bond donors (Lipinski definition) is 1. The van der Waals surface area contributed by atoms with Gasteiger partial charge in [0.15, 0.2) is 0 Å². The van der Waals surface area contributed by atoms with Gasteiger partial charge in [0.1, 0.15) is 0 Å². The van der Waals surface area contributed by atoms with Crippen LogP contribution in [-0.2, 0) is 6.42 Å². The third-order valence-electron chi connectivity index (χ3n) is 4.30. The molecule has 0 saturated carbocycles. The predicted octanol–water partition coefficient (Wildman–Crippen LogP) is 3.08. The topological polar surface area (TPSA) is 15.3 Å². The molecule has 1 aliphatic heterocycles. The average Bonchev–Trinajstić information content (AvgIpc) is 2.37. The van der Waals surface area contributed by atoms with E-state index in [1.807, 2.05) is 0 Å². The van der Waals surface area contributed by atoms with Gasteiger partial charge in [-0.3, -0.25) is 4.90 Å². The van der Waals surface area contributed by atoms with E-state index in [4.69, 9.17) is 0 Å². The third kappa shape index (κ3) is 4.05. The quantitative estimate of drug-likeness (QED) is 0.895. The molecule has 1 aliphatic rings. The zero-order valence-electron chi connectivity index (χ0n) is 12.9. The summed E-state index contributed by atoms with van der Waals surface area (Å²) in [6, 6.07) is 10.8. The Kier molecular flexibility index (Phi) is 4.32. The Hall–Kier alpha value is -0.860. The van der Waals surface area contributed by atoms with Gasteiger partial charge in [0.2, 0.25) is 0 Å². The van der Waals surface area contributed by atoms with E-state index in [0.717, 1.165) is 26.1 Å². The van der Waals surface area contributed by atoms with E-state index in [-0.39, 0.29) is 11.1 Å². The van der Waals surface area contributed by atoms with Crippen LogP contribution in [0.1, 0.15) is 39.7 Å². The number of nitrogens with one attached hydrogen (secondary N) is 1. The van der Waals surface area contributed by atoms with Crippen LogP contribution in [0.3, 0.4) is 0 Å². The lowest BCUT2D eigenvalue weighted by Gasteiger charge is -2.47. The molecule has 2 heteroatoms. The first kappa shape index (κ1) is 14.5. The first-order valence-electron chi connectivity index (χ1n) is 7.43. The number of rotatable bonds is 4. The van der Waals surface area contributed by atoms with E-state index in [1.165, 1.54) is 12.0 Å². The van der Waals surface area contributed by atoms with Gasteiger partial charge in [-0.05, 0) is 46.1 Å². The van der Waals surface area contributed by atoms with Crippen molar-refractivity contribution in [3.05, 3.63) is 35.9 Å². The molecule has 19 heavy (non-hydrogen) atoms. The van der Waals surface area contributed by atoms with Gasteiger partial charge in [-0.1, -0.05) is 30.3 Å². The summed E-state index contributed by atoms with van der Waals surface area (Å²) in [4.78, 5) is 2.65. The molecule has 0 amide bonds. The molecule has 0 aromatic heterocycles. The van der Waals surface area contributed by atoms with E-state index in [2.05, 4.69) is 68.2 Å². The Balaban J connectivity index is 1.94. The van der Waals surface area contributed by atoms with E-state index < -0.39 is 0 Å². The van der Waals surface area contributed by atoms with Crippen molar-refractivity contribution < 1.29 is 0 Å². The predicted molar refractivity (Wildman–Crippen MR) is 82.5 cm³/mol. The van der Waals surface area contributed by atoms with Gasteiger partial charge in [-0.2, -0.15) is 0 Å². The van der Waals surface area contributed by atoms with Crippen molar-refractivity contribution in [3.63, 3.8) is 0 Å². The zero-order valence-corrected chi connectivity index (χ0v) is 12.9. The lowest BCUT2D eigenvalue weighted by Crippen LogP contribution is -2.62. The molecular weight excluding hydrogens is 232 g/mol. The monoisotopic (exact) mass is 260 g/mol. The number of nitrogens with zero attached hydrogens (tertiary/aromatic N) is 1. The SMILES string of the molecule is CC1(C)CN(C(C)(C)CCc2ccccc2)CCN1. The van der Waals surface area contributed by atoms with E-state index in [9.17, 15) is 0 Å². The summed E-state index contributed by atoms with van der Waals surface area (Å²) >= 11 is 0. The molecule has 106 valence electrons. The van der Waals surface area contributed by atoms with Crippen molar-refractivity contribution in [2.24, 2.45) is 0 Å². The van der Waals surface area contributed by atoms with Crippen molar-refractivity contribution in [2.75, 3.05) is 19.6 Å². The van der Waals surface area contributed by atoms with E-state index >= 15 is 0 Å². The Morgan fingerprint density at radius 3 is 2.53 bits per heavy atom. The van der Waals surface area contributed by atoms with Crippen LogP contribution in [0.2, 0.25) is 0 Å². The first-order valence-corrected chi connectivity index (χ1v) is 7.43. The van der Waals surface area contributed by atoms with Crippen LogP contribution in [0.15, 0.2) is 30.3 Å². The molecular formula is C17H28N2. The van der Waals surface area contributed by atoms with Gasteiger partial charge in [-0.15, -0.1) is 0 Å². The van der Waals surface area contributed by atoms with E-state index in [1.54, 1.807) is 0 Å². The van der Waals surface area contributed by atoms with Crippen LogP contribution in [-0.4, -0.2) is 35.6 Å². The lowest BCUT2D eigenvalue weighted by atomic mass is 9.90. The maximum atomic E-state index is 3.59. The number of benzene rings is 1. The number of aryl methyl sites for hydroxylation is 1. The molecule has 2 nitrogen and oxygen atoms in total. The average molecular weight is 260 g/mol. The fourth-order valence-corrected chi connectivity index (χ4v) is 2.91. The molecule has 1 aromatic rings. The summed E-state index contributed by atoms with van der Waals surface area (Å²) in [6.07, 6.45) is 2.38. The second-order valence-corrected chi connectivity index (χ2v) is 7.03. The fourth-order valence-electron chi connectivity index (χ4n) is 2.91. The van der Waals surface area contributed by atoms with Gasteiger partial charge < -0.3 is 5.32 Å². The second-order valence-electron chi connectivity index (χ2n) is 7.03. The molecule has 1 N–H and O–H groups in total. The summed E-state index contributed by atoms with van der Waals surface area (Å²) in [5, 5.41) is 3.59. The van der Waals surface area contributed by atoms with Crippen LogP contribution in [0.5, 0.6) is 0 Å². The summed E-state index contributed by atoms with van der Waals surface area (Å²) in [5.41, 5.74) is 1.96. The standard InChI is InChI=1S/C17H28N2/c1-16(2)14-19(13-12-18-16)17(3,4)11-10-15-8-6-5-7-9-15/h5-9,18H,10-14H2,1-4H3. The Labute approximate surface area is 118 Å². The molecule has 0 bridgehead atoms. The van der Waals surface area contributed by atoms with Gasteiger partial charge >= 0.3 is 0 Å². The minimum Gasteiger partial charge on any atom is -0.309 e. The fraction of sp³-hybridized carbons (Fsp3) is 0.647. The normalized spacial score (nSPS) is 20.4. The van der Waals surface area contributed by atoms with Crippen molar-refractivity contribution in [1.29, 1.82) is 0 Å². The van der Waals surface area contributed by atoms with Gasteiger partial charge in [0.25, 0.3) is 0 Å². The Bertz CT molecular complexity index is 395. The third-order valence-corrected chi connectivity index (χ3v) is 4.30. The van der Waals surface area contributed by atoms with Gasteiger partial charge in [0.05, 0.1) is 0 Å². The second kappa shape index (κ2) is 5.64. The molecule has 1 heterocycles. The van der Waals surface area contributed by atoms with Crippen LogP contribution < -0.4 is 5.32 Å². The lowest BCUT2D eigenvalue weighted by molar-refractivity contribution is 0.0524. The molecule has 0 radical (unpaired) electrons. The van der Waals surface area contributed by atoms with Crippen molar-refractivity contribution in [3.8, 4) is 0 Å². The molecule has 0 aliphatic carbocycles. The van der Waals surface area contributed by atoms with Crippen molar-refractivity contribution >= 4 is 0 Å². The molecule has 0 atom stereocenters. The summed E-state index contributed by atoms with van der Waals surface area (Å²) in [5.74, 6) is 0. The number of hydrogen-bond acceptors (Lipinski definition) is 2. The number of piperazine rings is 1. The summed E-state index contributed by atoms with van der Waals surface area (Å²) in [6.45, 7) is 12.8. The van der Waals surface area contributed by atoms with Crippen molar-refractivity contribution in [1.82, 2.24) is 10.2 Å². The minimum atomic E-state index is 0.238. The Morgan fingerprint density at radius 2 is 1.89 bits per heavy atom. The maximum absolute atomic E-state index is 3.59. The molecule has 1 aromatic carbocycles. The van der Waals surface area contributed by atoms with E-state index in [0.29, 0.717) is 0 Å². The molecule has 0 spiro atoms. The highest BCUT2D eigenvalue weighted by Crippen LogP contribution is 2.25. The highest BCUT2D eigenvalue weighted by Gasteiger charge is 2.34. The van der Waals surface area contributed by atoms with Gasteiger partial charge in [0, 0.05) is 30.7 Å². The molecule has 2 rings (SSSR count). The molecule has 1 saturated heterocycles. The Morgan fingerprint density at radius 1 is 1.21 bits per heavy atom. The maximum Gasteiger partial charge on any atom is 0.0252 e. The highest BCUT2D eigenvalue weighted by atomic mass is 15.3. The summed E-state index contributed by atoms with van der Waals surface area (Å²) < 4.78 is 0. The zero-order chi connectivity index (χ0) is 13.9. The molecule has 1 fully saturated rings. The van der Waals surface area contributed by atoms with Crippen LogP contribution >= 0.6 is 0 Å². The molecule has 0 unspecified atom stereocenters. The minimum absolute atomic E-state index is 0.238. The first-order chi connectivity index (χ1) is 8.89. The van der Waals surface area contributed by atoms with Crippen LogP contribution in [0, 0.1) is 0 Å². The highest BCUT2D eigenvalue weighted by molar-refractivity contribution is 5.15. The largest absolute Gasteiger partial charge is 0.309 e. The van der Waals surface area contributed by atoms with Crippen LogP contribution in [0.4, 0.5) is 0 Å².